The fraction of sp³-hybridized carbons (Fsp3) is 0.0909. The molecule has 1 heterocycles. The molecule has 0 fully saturated rings. The highest BCUT2D eigenvalue weighted by atomic mass is 127. The number of para-hydroxylation sites is 1. The monoisotopic (exact) mass is 328 g/mol. The van der Waals surface area contributed by atoms with Crippen molar-refractivity contribution in [2.24, 2.45) is 0 Å². The van der Waals surface area contributed by atoms with Gasteiger partial charge >= 0.3 is 0 Å². The number of aromatic amines is 1. The quantitative estimate of drug-likeness (QED) is 0.862. The minimum absolute atomic E-state index is 0.195. The van der Waals surface area contributed by atoms with Crippen molar-refractivity contribution in [2.45, 2.75) is 6.92 Å². The number of aryl methyl sites for hydroxylation is 1. The molecule has 16 heavy (non-hydrogen) atoms. The standard InChI is InChI=1S/C11H9IN2O2/c1-7-4-2-3-5-8(7)16-11-9(12)10(15)13-6-14-11/h2-6H,1H3,(H,13,14,15). The molecule has 0 aliphatic rings. The molecule has 1 aromatic carbocycles. The molecule has 0 saturated carbocycles. The van der Waals surface area contributed by atoms with Crippen molar-refractivity contribution in [1.29, 1.82) is 0 Å². The van der Waals surface area contributed by atoms with Gasteiger partial charge in [-0.3, -0.25) is 4.79 Å². The van der Waals surface area contributed by atoms with E-state index in [1.54, 1.807) is 0 Å². The van der Waals surface area contributed by atoms with Gasteiger partial charge in [0.25, 0.3) is 5.56 Å². The van der Waals surface area contributed by atoms with Crippen LogP contribution in [0.2, 0.25) is 0 Å². The van der Waals surface area contributed by atoms with Crippen LogP contribution in [0.15, 0.2) is 35.4 Å². The van der Waals surface area contributed by atoms with E-state index in [9.17, 15) is 4.79 Å². The summed E-state index contributed by atoms with van der Waals surface area (Å²) in [5, 5.41) is 0. The molecular weight excluding hydrogens is 319 g/mol. The van der Waals surface area contributed by atoms with Gasteiger partial charge in [0.1, 0.15) is 9.32 Å². The molecule has 1 aromatic heterocycles. The van der Waals surface area contributed by atoms with Crippen molar-refractivity contribution in [2.75, 3.05) is 0 Å². The fourth-order valence-corrected chi connectivity index (χ4v) is 1.62. The van der Waals surface area contributed by atoms with Gasteiger partial charge in [0.05, 0.1) is 6.33 Å². The van der Waals surface area contributed by atoms with Gasteiger partial charge in [-0.05, 0) is 41.1 Å². The summed E-state index contributed by atoms with van der Waals surface area (Å²) in [6.07, 6.45) is 1.33. The Morgan fingerprint density at radius 3 is 2.88 bits per heavy atom. The van der Waals surface area contributed by atoms with E-state index < -0.39 is 0 Å². The first kappa shape index (κ1) is 11.1. The van der Waals surface area contributed by atoms with Crippen LogP contribution in [0.5, 0.6) is 11.6 Å². The second-order valence-electron chi connectivity index (χ2n) is 3.22. The summed E-state index contributed by atoms with van der Waals surface area (Å²) in [5.74, 6) is 1.04. The minimum Gasteiger partial charge on any atom is -0.437 e. The lowest BCUT2D eigenvalue weighted by molar-refractivity contribution is 0.453. The molecule has 4 nitrogen and oxygen atoms in total. The molecule has 0 aliphatic heterocycles. The lowest BCUT2D eigenvalue weighted by Crippen LogP contribution is -2.11. The number of nitrogens with zero attached hydrogens (tertiary/aromatic N) is 1. The number of benzene rings is 1. The van der Waals surface area contributed by atoms with Crippen molar-refractivity contribution in [3.63, 3.8) is 0 Å². The van der Waals surface area contributed by atoms with Gasteiger partial charge in [0, 0.05) is 0 Å². The maximum Gasteiger partial charge on any atom is 0.268 e. The number of halogens is 1. The van der Waals surface area contributed by atoms with E-state index in [0.29, 0.717) is 15.2 Å². The van der Waals surface area contributed by atoms with E-state index >= 15 is 0 Å². The average Bonchev–Trinajstić information content (AvgIpc) is 2.28. The molecule has 0 spiro atoms. The van der Waals surface area contributed by atoms with E-state index in [1.807, 2.05) is 53.8 Å². The molecular formula is C11H9IN2O2. The second kappa shape index (κ2) is 4.65. The van der Waals surface area contributed by atoms with Gasteiger partial charge in [-0.25, -0.2) is 4.98 Å². The maximum atomic E-state index is 11.3. The molecule has 0 atom stereocenters. The van der Waals surface area contributed by atoms with E-state index in [4.69, 9.17) is 4.74 Å². The number of rotatable bonds is 2. The first-order valence-corrected chi connectivity index (χ1v) is 5.73. The molecule has 0 radical (unpaired) electrons. The van der Waals surface area contributed by atoms with Crippen LogP contribution in [-0.4, -0.2) is 9.97 Å². The van der Waals surface area contributed by atoms with Gasteiger partial charge < -0.3 is 9.72 Å². The summed E-state index contributed by atoms with van der Waals surface area (Å²) in [5.41, 5.74) is 0.805. The predicted octanol–water partition coefficient (Wildman–Crippen LogP) is 2.48. The number of nitrogens with one attached hydrogen (secondary N) is 1. The zero-order chi connectivity index (χ0) is 11.5. The lowest BCUT2D eigenvalue weighted by Gasteiger charge is -2.07. The SMILES string of the molecule is Cc1ccccc1Oc1nc[nH]c(=O)c1I. The van der Waals surface area contributed by atoms with E-state index in [1.165, 1.54) is 6.33 Å². The van der Waals surface area contributed by atoms with Crippen molar-refractivity contribution in [1.82, 2.24) is 9.97 Å². The Labute approximate surface area is 106 Å². The molecule has 82 valence electrons. The highest BCUT2D eigenvalue weighted by molar-refractivity contribution is 14.1. The smallest absolute Gasteiger partial charge is 0.268 e. The summed E-state index contributed by atoms with van der Waals surface area (Å²) >= 11 is 1.91. The molecule has 0 amide bonds. The molecule has 2 rings (SSSR count). The zero-order valence-electron chi connectivity index (χ0n) is 8.53. The van der Waals surface area contributed by atoms with Crippen LogP contribution in [0.4, 0.5) is 0 Å². The minimum atomic E-state index is -0.195. The van der Waals surface area contributed by atoms with E-state index in [2.05, 4.69) is 9.97 Å². The van der Waals surface area contributed by atoms with Crippen LogP contribution in [0.3, 0.4) is 0 Å². The van der Waals surface area contributed by atoms with Crippen molar-refractivity contribution in [3.05, 3.63) is 50.1 Å². The molecule has 1 N–H and O–H groups in total. The Kier molecular flexibility index (Phi) is 3.23. The molecule has 0 aliphatic carbocycles. The molecule has 5 heteroatoms. The number of H-pyrrole nitrogens is 1. The summed E-state index contributed by atoms with van der Waals surface area (Å²) in [7, 11) is 0. The van der Waals surface area contributed by atoms with Crippen LogP contribution in [0.25, 0.3) is 0 Å². The molecule has 0 bridgehead atoms. The first-order chi connectivity index (χ1) is 7.68. The zero-order valence-corrected chi connectivity index (χ0v) is 10.7. The van der Waals surface area contributed by atoms with E-state index in [0.717, 1.165) is 5.56 Å². The Bertz CT molecular complexity index is 566. The van der Waals surface area contributed by atoms with Gasteiger partial charge in [-0.1, -0.05) is 18.2 Å². The Hall–Kier alpha value is -1.37. The van der Waals surface area contributed by atoms with Crippen molar-refractivity contribution in [3.8, 4) is 11.6 Å². The van der Waals surface area contributed by atoms with E-state index in [-0.39, 0.29) is 5.56 Å². The van der Waals surface area contributed by atoms with Gasteiger partial charge in [-0.2, -0.15) is 0 Å². The van der Waals surface area contributed by atoms with Gasteiger partial charge in [0.2, 0.25) is 5.88 Å². The topological polar surface area (TPSA) is 55.0 Å². The molecule has 0 saturated heterocycles. The number of ether oxygens (including phenoxy) is 1. The Balaban J connectivity index is 2.38. The first-order valence-electron chi connectivity index (χ1n) is 4.65. The Morgan fingerprint density at radius 2 is 2.12 bits per heavy atom. The molecule has 0 unspecified atom stereocenters. The van der Waals surface area contributed by atoms with Crippen molar-refractivity contribution >= 4 is 22.6 Å². The molecule has 2 aromatic rings. The van der Waals surface area contributed by atoms with Gasteiger partial charge in [-0.15, -0.1) is 0 Å². The third-order valence-corrected chi connectivity index (χ3v) is 3.02. The summed E-state index contributed by atoms with van der Waals surface area (Å²) < 4.78 is 6.03. The summed E-state index contributed by atoms with van der Waals surface area (Å²) in [6, 6.07) is 7.59. The summed E-state index contributed by atoms with van der Waals surface area (Å²) in [6.45, 7) is 1.94. The van der Waals surface area contributed by atoms with Crippen LogP contribution in [-0.2, 0) is 0 Å². The third kappa shape index (κ3) is 2.24. The summed E-state index contributed by atoms with van der Waals surface area (Å²) in [4.78, 5) is 17.8. The third-order valence-electron chi connectivity index (χ3n) is 2.06. The largest absolute Gasteiger partial charge is 0.437 e. The average molecular weight is 328 g/mol. The van der Waals surface area contributed by atoms with Gasteiger partial charge in [0.15, 0.2) is 0 Å². The normalized spacial score (nSPS) is 10.1. The number of hydrogen-bond acceptors (Lipinski definition) is 3. The number of hydrogen-bond donors (Lipinski definition) is 1. The van der Waals surface area contributed by atoms with Crippen LogP contribution in [0.1, 0.15) is 5.56 Å². The van der Waals surface area contributed by atoms with Crippen LogP contribution in [0, 0.1) is 10.5 Å². The van der Waals surface area contributed by atoms with Crippen LogP contribution < -0.4 is 10.3 Å². The lowest BCUT2D eigenvalue weighted by atomic mass is 10.2. The highest BCUT2D eigenvalue weighted by Gasteiger charge is 2.08. The predicted molar refractivity (Wildman–Crippen MR) is 68.8 cm³/mol. The van der Waals surface area contributed by atoms with Crippen molar-refractivity contribution < 1.29 is 4.74 Å². The Morgan fingerprint density at radius 1 is 1.38 bits per heavy atom. The highest BCUT2D eigenvalue weighted by Crippen LogP contribution is 2.24. The second-order valence-corrected chi connectivity index (χ2v) is 4.30. The van der Waals surface area contributed by atoms with Crippen LogP contribution >= 0.6 is 22.6 Å². The maximum absolute atomic E-state index is 11.3. The number of aromatic nitrogens is 2. The fourth-order valence-electron chi connectivity index (χ4n) is 1.21.